The van der Waals surface area contributed by atoms with Crippen LogP contribution in [-0.4, -0.2) is 26.0 Å². The van der Waals surface area contributed by atoms with Crippen LogP contribution in [0.3, 0.4) is 0 Å². The van der Waals surface area contributed by atoms with Crippen molar-refractivity contribution in [2.24, 2.45) is 0 Å². The van der Waals surface area contributed by atoms with E-state index in [4.69, 9.17) is 9.47 Å². The summed E-state index contributed by atoms with van der Waals surface area (Å²) in [6, 6.07) is 6.79. The molecule has 0 spiro atoms. The van der Waals surface area contributed by atoms with E-state index in [1.807, 2.05) is 13.0 Å². The van der Waals surface area contributed by atoms with Crippen molar-refractivity contribution in [3.8, 4) is 0 Å². The number of nitrogens with one attached hydrogen (secondary N) is 1. The molecule has 2 rings (SSSR count). The third kappa shape index (κ3) is 3.77. The summed E-state index contributed by atoms with van der Waals surface area (Å²) in [6.07, 6.45) is 1.10. The number of hydrogen-bond acceptors (Lipinski definition) is 3. The van der Waals surface area contributed by atoms with Crippen LogP contribution in [0.2, 0.25) is 0 Å². The van der Waals surface area contributed by atoms with Crippen LogP contribution in [0, 0.1) is 5.82 Å². The van der Waals surface area contributed by atoms with Gasteiger partial charge < -0.3 is 14.8 Å². The third-order valence-corrected chi connectivity index (χ3v) is 2.97. The molecule has 1 fully saturated rings. The van der Waals surface area contributed by atoms with Crippen LogP contribution in [0.25, 0.3) is 0 Å². The maximum Gasteiger partial charge on any atom is 0.147 e. The zero-order chi connectivity index (χ0) is 12.1. The first-order valence-electron chi connectivity index (χ1n) is 5.94. The first-order chi connectivity index (χ1) is 8.25. The zero-order valence-electron chi connectivity index (χ0n) is 9.99. The van der Waals surface area contributed by atoms with Gasteiger partial charge in [-0.25, -0.2) is 4.39 Å². The van der Waals surface area contributed by atoms with Gasteiger partial charge in [-0.05, 0) is 31.0 Å². The molecule has 4 heteroatoms. The van der Waals surface area contributed by atoms with Crippen LogP contribution in [0.5, 0.6) is 0 Å². The molecule has 1 aromatic carbocycles. The quantitative estimate of drug-likeness (QED) is 0.874. The Labute approximate surface area is 101 Å². The topological polar surface area (TPSA) is 30.5 Å². The number of rotatable bonds is 4. The summed E-state index contributed by atoms with van der Waals surface area (Å²) in [5, 5.41) is 3.35. The molecule has 1 N–H and O–H groups in total. The Balaban J connectivity index is 1.82. The van der Waals surface area contributed by atoms with E-state index < -0.39 is 0 Å². The lowest BCUT2D eigenvalue weighted by atomic mass is 10.1. The van der Waals surface area contributed by atoms with Gasteiger partial charge in [0.1, 0.15) is 12.6 Å². The summed E-state index contributed by atoms with van der Waals surface area (Å²) < 4.78 is 23.6. The van der Waals surface area contributed by atoms with Gasteiger partial charge in [0.05, 0.1) is 12.7 Å². The molecule has 1 aliphatic rings. The van der Waals surface area contributed by atoms with E-state index in [0.29, 0.717) is 6.79 Å². The lowest BCUT2D eigenvalue weighted by molar-refractivity contribution is -0.137. The van der Waals surface area contributed by atoms with Crippen molar-refractivity contribution < 1.29 is 13.9 Å². The number of benzene rings is 1. The van der Waals surface area contributed by atoms with E-state index in [9.17, 15) is 4.39 Å². The van der Waals surface area contributed by atoms with Gasteiger partial charge in [-0.1, -0.05) is 12.1 Å². The van der Waals surface area contributed by atoms with Crippen LogP contribution in [-0.2, 0) is 9.47 Å². The monoisotopic (exact) mass is 239 g/mol. The van der Waals surface area contributed by atoms with Gasteiger partial charge in [-0.2, -0.15) is 0 Å². The van der Waals surface area contributed by atoms with E-state index in [1.54, 1.807) is 12.1 Å². The van der Waals surface area contributed by atoms with E-state index in [1.165, 1.54) is 6.07 Å². The van der Waals surface area contributed by atoms with E-state index >= 15 is 0 Å². The van der Waals surface area contributed by atoms with Gasteiger partial charge in [0.25, 0.3) is 0 Å². The molecule has 17 heavy (non-hydrogen) atoms. The van der Waals surface area contributed by atoms with Crippen LogP contribution in [0.1, 0.15) is 24.9 Å². The fraction of sp³-hybridized carbons (Fsp3) is 0.538. The summed E-state index contributed by atoms with van der Waals surface area (Å²) in [5.74, 6) is -0.196. The van der Waals surface area contributed by atoms with Crippen molar-refractivity contribution >= 4 is 0 Å². The molecule has 1 aromatic rings. The molecule has 0 aliphatic carbocycles. The number of halogens is 1. The van der Waals surface area contributed by atoms with Crippen LogP contribution >= 0.6 is 0 Å². The average molecular weight is 239 g/mol. The maximum absolute atomic E-state index is 13.1. The van der Waals surface area contributed by atoms with Gasteiger partial charge in [-0.15, -0.1) is 0 Å². The normalized spacial score (nSPS) is 22.4. The van der Waals surface area contributed by atoms with Crippen LogP contribution in [0.4, 0.5) is 4.39 Å². The largest absolute Gasteiger partial charge is 0.355 e. The third-order valence-electron chi connectivity index (χ3n) is 2.97. The molecule has 1 aliphatic heterocycles. The van der Waals surface area contributed by atoms with Crippen molar-refractivity contribution in [3.05, 3.63) is 35.6 Å². The molecule has 3 nitrogen and oxygen atoms in total. The molecule has 2 atom stereocenters. The molecule has 2 unspecified atom stereocenters. The predicted octanol–water partition coefficient (Wildman–Crippen LogP) is 2.24. The van der Waals surface area contributed by atoms with Crippen molar-refractivity contribution in [2.75, 3.05) is 19.9 Å². The zero-order valence-corrected chi connectivity index (χ0v) is 9.99. The minimum absolute atomic E-state index is 0.122. The summed E-state index contributed by atoms with van der Waals surface area (Å²) >= 11 is 0. The Morgan fingerprint density at radius 1 is 1.53 bits per heavy atom. The second-order valence-electron chi connectivity index (χ2n) is 4.29. The molecule has 1 heterocycles. The molecule has 0 radical (unpaired) electrons. The standard InChI is InChI=1S/C13H18FNO2/c1-10(11-3-2-4-12(14)7-11)15-8-13-5-6-16-9-17-13/h2-4,7,10,13,15H,5-6,8-9H2,1H3. The van der Waals surface area contributed by atoms with Gasteiger partial charge in [0.15, 0.2) is 0 Å². The highest BCUT2D eigenvalue weighted by atomic mass is 19.1. The molecular weight excluding hydrogens is 221 g/mol. The SMILES string of the molecule is CC(NCC1CCOCO1)c1cccc(F)c1. The Bertz CT molecular complexity index is 353. The van der Waals surface area contributed by atoms with Crippen LogP contribution < -0.4 is 5.32 Å². The van der Waals surface area contributed by atoms with Crippen molar-refractivity contribution in [3.63, 3.8) is 0 Å². The van der Waals surface area contributed by atoms with Crippen molar-refractivity contribution in [2.45, 2.75) is 25.5 Å². The van der Waals surface area contributed by atoms with E-state index in [0.717, 1.165) is 25.1 Å². The Kier molecular flexibility index (Phi) is 4.48. The van der Waals surface area contributed by atoms with Gasteiger partial charge >= 0.3 is 0 Å². The minimum atomic E-state index is -0.196. The minimum Gasteiger partial charge on any atom is -0.355 e. The van der Waals surface area contributed by atoms with Crippen LogP contribution in [0.15, 0.2) is 24.3 Å². The molecule has 0 bridgehead atoms. The van der Waals surface area contributed by atoms with Gasteiger partial charge in [0, 0.05) is 12.6 Å². The summed E-state index contributed by atoms with van der Waals surface area (Å²) in [6.45, 7) is 3.91. The number of ether oxygens (including phenoxy) is 2. The lowest BCUT2D eigenvalue weighted by Crippen LogP contribution is -2.35. The number of hydrogen-bond donors (Lipinski definition) is 1. The predicted molar refractivity (Wildman–Crippen MR) is 63.1 cm³/mol. The Hall–Kier alpha value is -0.970. The van der Waals surface area contributed by atoms with Crippen molar-refractivity contribution in [1.29, 1.82) is 0 Å². The first kappa shape index (κ1) is 12.5. The fourth-order valence-corrected chi connectivity index (χ4v) is 1.86. The van der Waals surface area contributed by atoms with E-state index in [-0.39, 0.29) is 18.0 Å². The molecule has 0 aromatic heterocycles. The highest BCUT2D eigenvalue weighted by molar-refractivity contribution is 5.19. The Morgan fingerprint density at radius 2 is 2.41 bits per heavy atom. The highest BCUT2D eigenvalue weighted by Gasteiger charge is 2.15. The molecule has 0 saturated carbocycles. The molecule has 1 saturated heterocycles. The molecule has 0 amide bonds. The maximum atomic E-state index is 13.1. The second kappa shape index (κ2) is 6.10. The fourth-order valence-electron chi connectivity index (χ4n) is 1.86. The smallest absolute Gasteiger partial charge is 0.147 e. The summed E-state index contributed by atoms with van der Waals surface area (Å²) in [4.78, 5) is 0. The van der Waals surface area contributed by atoms with Crippen molar-refractivity contribution in [1.82, 2.24) is 5.32 Å². The second-order valence-corrected chi connectivity index (χ2v) is 4.29. The molecular formula is C13H18FNO2. The van der Waals surface area contributed by atoms with Gasteiger partial charge in [-0.3, -0.25) is 0 Å². The molecule has 94 valence electrons. The van der Waals surface area contributed by atoms with Gasteiger partial charge in [0.2, 0.25) is 0 Å². The average Bonchev–Trinajstić information content (AvgIpc) is 2.37. The summed E-state index contributed by atoms with van der Waals surface area (Å²) in [5.41, 5.74) is 0.956. The summed E-state index contributed by atoms with van der Waals surface area (Å²) in [7, 11) is 0. The Morgan fingerprint density at radius 3 is 3.12 bits per heavy atom. The highest BCUT2D eigenvalue weighted by Crippen LogP contribution is 2.14. The van der Waals surface area contributed by atoms with E-state index in [2.05, 4.69) is 5.32 Å². The first-order valence-corrected chi connectivity index (χ1v) is 5.94. The lowest BCUT2D eigenvalue weighted by Gasteiger charge is -2.25.